The lowest BCUT2D eigenvalue weighted by molar-refractivity contribution is 0.174. The fourth-order valence-electron chi connectivity index (χ4n) is 2.15. The fraction of sp³-hybridized carbons (Fsp3) is 0.615. The van der Waals surface area contributed by atoms with Crippen LogP contribution in [0, 0.1) is 0 Å². The van der Waals surface area contributed by atoms with E-state index in [9.17, 15) is 4.79 Å². The molecule has 4 heteroatoms. The second kappa shape index (κ2) is 5.87. The second-order valence-corrected chi connectivity index (χ2v) is 4.46. The zero-order valence-corrected chi connectivity index (χ0v) is 9.85. The van der Waals surface area contributed by atoms with Gasteiger partial charge in [-0.1, -0.05) is 12.8 Å². The molecule has 1 heterocycles. The van der Waals surface area contributed by atoms with Gasteiger partial charge in [0.1, 0.15) is 18.6 Å². The summed E-state index contributed by atoms with van der Waals surface area (Å²) < 4.78 is 10.8. The smallest absolute Gasteiger partial charge is 0.227 e. The lowest BCUT2D eigenvalue weighted by Gasteiger charge is -2.15. The Morgan fingerprint density at radius 2 is 2.00 bits per heavy atom. The molecule has 1 aromatic heterocycles. The summed E-state index contributed by atoms with van der Waals surface area (Å²) in [7, 11) is 0. The molecular weight excluding hydrogens is 220 g/mol. The third kappa shape index (κ3) is 3.33. The normalized spacial score (nSPS) is 17.7. The molecule has 0 amide bonds. The van der Waals surface area contributed by atoms with Crippen molar-refractivity contribution in [2.75, 3.05) is 0 Å². The van der Waals surface area contributed by atoms with Gasteiger partial charge in [-0.3, -0.25) is 4.79 Å². The maximum Gasteiger partial charge on any atom is 0.227 e. The first kappa shape index (κ1) is 12.2. The molecule has 1 N–H and O–H groups in total. The van der Waals surface area contributed by atoms with Crippen molar-refractivity contribution < 1.29 is 14.3 Å². The quantitative estimate of drug-likeness (QED) is 0.820. The third-order valence-electron chi connectivity index (χ3n) is 3.10. The van der Waals surface area contributed by atoms with E-state index in [1.54, 1.807) is 0 Å². The second-order valence-electron chi connectivity index (χ2n) is 4.46. The summed E-state index contributed by atoms with van der Waals surface area (Å²) in [5.41, 5.74) is -0.218. The first-order valence-corrected chi connectivity index (χ1v) is 6.19. The van der Waals surface area contributed by atoms with E-state index in [0.29, 0.717) is 0 Å². The average Bonchev–Trinajstić information content (AvgIpc) is 2.60. The monoisotopic (exact) mass is 238 g/mol. The lowest BCUT2D eigenvalue weighted by Crippen LogP contribution is -2.19. The topological polar surface area (TPSA) is 59.7 Å². The Morgan fingerprint density at radius 3 is 2.59 bits per heavy atom. The van der Waals surface area contributed by atoms with Gasteiger partial charge in [-0.05, 0) is 25.7 Å². The van der Waals surface area contributed by atoms with E-state index in [1.807, 2.05) is 0 Å². The van der Waals surface area contributed by atoms with E-state index in [2.05, 4.69) is 0 Å². The average molecular weight is 238 g/mol. The molecule has 0 unspecified atom stereocenters. The summed E-state index contributed by atoms with van der Waals surface area (Å²) in [6.45, 7) is -0.265. The van der Waals surface area contributed by atoms with Crippen molar-refractivity contribution in [3.8, 4) is 5.75 Å². The first-order valence-electron chi connectivity index (χ1n) is 6.19. The predicted octanol–water partition coefficient (Wildman–Crippen LogP) is 2.23. The van der Waals surface area contributed by atoms with Crippen LogP contribution in [0.2, 0.25) is 0 Å². The highest BCUT2D eigenvalue weighted by atomic mass is 16.5. The molecule has 0 radical (unpaired) electrons. The third-order valence-corrected chi connectivity index (χ3v) is 3.10. The van der Waals surface area contributed by atoms with E-state index >= 15 is 0 Å². The van der Waals surface area contributed by atoms with Crippen molar-refractivity contribution in [2.45, 2.75) is 51.2 Å². The molecule has 1 saturated carbocycles. The minimum Gasteiger partial charge on any atom is -0.483 e. The molecule has 1 aromatic rings. The van der Waals surface area contributed by atoms with Gasteiger partial charge in [-0.2, -0.15) is 0 Å². The van der Waals surface area contributed by atoms with Crippen molar-refractivity contribution >= 4 is 0 Å². The Kier molecular flexibility index (Phi) is 4.20. The number of ether oxygens (including phenoxy) is 1. The van der Waals surface area contributed by atoms with Gasteiger partial charge in [0.2, 0.25) is 11.2 Å². The van der Waals surface area contributed by atoms with Crippen LogP contribution < -0.4 is 10.2 Å². The summed E-state index contributed by atoms with van der Waals surface area (Å²) in [6, 6.07) is 1.28. The Labute approximate surface area is 100 Å². The van der Waals surface area contributed by atoms with Crippen molar-refractivity contribution in [1.82, 2.24) is 0 Å². The number of rotatable bonds is 3. The highest BCUT2D eigenvalue weighted by Crippen LogP contribution is 2.21. The van der Waals surface area contributed by atoms with Gasteiger partial charge in [0.05, 0.1) is 6.10 Å². The van der Waals surface area contributed by atoms with Crippen LogP contribution in [0.1, 0.15) is 44.3 Å². The van der Waals surface area contributed by atoms with Crippen LogP contribution in [0.3, 0.4) is 0 Å². The van der Waals surface area contributed by atoms with Crippen LogP contribution in [0.5, 0.6) is 5.75 Å². The van der Waals surface area contributed by atoms with Gasteiger partial charge in [-0.25, -0.2) is 0 Å². The number of aliphatic hydroxyl groups is 1. The zero-order valence-electron chi connectivity index (χ0n) is 9.85. The molecule has 94 valence electrons. The van der Waals surface area contributed by atoms with E-state index in [0.717, 1.165) is 25.7 Å². The SMILES string of the molecule is O=c1cc(CO)occ1OC1CCCCCC1. The van der Waals surface area contributed by atoms with Gasteiger partial charge in [0.15, 0.2) is 0 Å². The van der Waals surface area contributed by atoms with Gasteiger partial charge in [0.25, 0.3) is 0 Å². The molecular formula is C13H18O4. The minimum atomic E-state index is -0.265. The van der Waals surface area contributed by atoms with E-state index in [4.69, 9.17) is 14.3 Å². The maximum atomic E-state index is 11.7. The summed E-state index contributed by atoms with van der Waals surface area (Å²) >= 11 is 0. The molecule has 1 aliphatic rings. The summed E-state index contributed by atoms with van der Waals surface area (Å²) in [5, 5.41) is 8.84. The molecule has 1 fully saturated rings. The van der Waals surface area contributed by atoms with Crippen LogP contribution in [-0.2, 0) is 6.61 Å². The molecule has 0 atom stereocenters. The summed E-state index contributed by atoms with van der Waals surface area (Å²) in [4.78, 5) is 11.7. The molecule has 0 aromatic carbocycles. The Morgan fingerprint density at radius 1 is 1.29 bits per heavy atom. The lowest BCUT2D eigenvalue weighted by atomic mass is 10.1. The Balaban J connectivity index is 2.04. The van der Waals surface area contributed by atoms with Crippen LogP contribution >= 0.6 is 0 Å². The van der Waals surface area contributed by atoms with Crippen LogP contribution in [0.15, 0.2) is 21.5 Å². The standard InChI is InChI=1S/C13H18O4/c14-8-11-7-12(15)13(9-16-11)17-10-5-3-1-2-4-6-10/h7,9-10,14H,1-6,8H2. The largest absolute Gasteiger partial charge is 0.483 e. The van der Waals surface area contributed by atoms with E-state index < -0.39 is 0 Å². The first-order chi connectivity index (χ1) is 8.29. The minimum absolute atomic E-state index is 0.125. The van der Waals surface area contributed by atoms with Gasteiger partial charge < -0.3 is 14.3 Å². The van der Waals surface area contributed by atoms with Crippen LogP contribution in [0.25, 0.3) is 0 Å². The molecule has 17 heavy (non-hydrogen) atoms. The van der Waals surface area contributed by atoms with E-state index in [-0.39, 0.29) is 29.6 Å². The van der Waals surface area contributed by atoms with Crippen molar-refractivity contribution in [3.05, 3.63) is 28.3 Å². The molecule has 1 aliphatic carbocycles. The summed E-state index contributed by atoms with van der Waals surface area (Å²) in [6.07, 6.45) is 8.24. The Bertz CT molecular complexity index is 402. The van der Waals surface area contributed by atoms with Crippen molar-refractivity contribution in [2.24, 2.45) is 0 Å². The van der Waals surface area contributed by atoms with E-state index in [1.165, 1.54) is 25.2 Å². The summed E-state index contributed by atoms with van der Waals surface area (Å²) in [5.74, 6) is 0.525. The maximum absolute atomic E-state index is 11.7. The van der Waals surface area contributed by atoms with Crippen LogP contribution in [0.4, 0.5) is 0 Å². The Hall–Kier alpha value is -1.29. The van der Waals surface area contributed by atoms with Crippen LogP contribution in [-0.4, -0.2) is 11.2 Å². The van der Waals surface area contributed by atoms with Gasteiger partial charge in [0, 0.05) is 6.07 Å². The molecule has 4 nitrogen and oxygen atoms in total. The van der Waals surface area contributed by atoms with Crippen molar-refractivity contribution in [3.63, 3.8) is 0 Å². The highest BCUT2D eigenvalue weighted by molar-refractivity contribution is 5.17. The molecule has 2 rings (SSSR count). The number of hydrogen-bond acceptors (Lipinski definition) is 4. The number of aliphatic hydroxyl groups excluding tert-OH is 1. The molecule has 0 saturated heterocycles. The van der Waals surface area contributed by atoms with Crippen molar-refractivity contribution in [1.29, 1.82) is 0 Å². The molecule has 0 aliphatic heterocycles. The number of hydrogen-bond donors (Lipinski definition) is 1. The zero-order chi connectivity index (χ0) is 12.1. The predicted molar refractivity (Wildman–Crippen MR) is 63.0 cm³/mol. The van der Waals surface area contributed by atoms with Gasteiger partial charge >= 0.3 is 0 Å². The fourth-order valence-corrected chi connectivity index (χ4v) is 2.15. The van der Waals surface area contributed by atoms with Gasteiger partial charge in [-0.15, -0.1) is 0 Å². The molecule has 0 spiro atoms. The molecule has 0 bridgehead atoms. The highest BCUT2D eigenvalue weighted by Gasteiger charge is 2.15.